The van der Waals surface area contributed by atoms with E-state index in [0.717, 1.165) is 16.8 Å². The number of fused-ring (bicyclic) bond motifs is 1. The third-order valence-electron chi connectivity index (χ3n) is 3.89. The summed E-state index contributed by atoms with van der Waals surface area (Å²) in [4.78, 5) is 10.5. The van der Waals surface area contributed by atoms with Crippen LogP contribution in [0.2, 0.25) is 0 Å². The van der Waals surface area contributed by atoms with Crippen molar-refractivity contribution in [3.8, 4) is 0 Å². The van der Waals surface area contributed by atoms with Gasteiger partial charge in [0.15, 0.2) is 0 Å². The molecule has 31 heavy (non-hydrogen) atoms. The van der Waals surface area contributed by atoms with Crippen molar-refractivity contribution in [3.05, 3.63) is 54.9 Å². The Hall–Kier alpha value is -2.87. The SMILES string of the molecule is CC(C)(CF)NC(=O)n1cccn1.O=S(=O)(O)c1cccc2c(S(=O)(=O)O)cccc12. The van der Waals surface area contributed by atoms with Gasteiger partial charge in [0.05, 0.1) is 5.54 Å². The van der Waals surface area contributed by atoms with Gasteiger partial charge in [-0.1, -0.05) is 24.3 Å². The van der Waals surface area contributed by atoms with E-state index in [9.17, 15) is 26.0 Å². The largest absolute Gasteiger partial charge is 0.342 e. The van der Waals surface area contributed by atoms with Crippen molar-refractivity contribution in [1.29, 1.82) is 0 Å². The van der Waals surface area contributed by atoms with Crippen molar-refractivity contribution >= 4 is 37.0 Å². The molecular weight excluding hydrogens is 453 g/mol. The average molecular weight is 474 g/mol. The van der Waals surface area contributed by atoms with Gasteiger partial charge in [-0.05, 0) is 32.0 Å². The number of amides is 1. The summed E-state index contributed by atoms with van der Waals surface area (Å²) >= 11 is 0. The van der Waals surface area contributed by atoms with Crippen molar-refractivity contribution in [3.63, 3.8) is 0 Å². The zero-order valence-corrected chi connectivity index (χ0v) is 18.1. The Morgan fingerprint density at radius 2 is 1.48 bits per heavy atom. The summed E-state index contributed by atoms with van der Waals surface area (Å²) in [5.74, 6) is 0. The predicted octanol–water partition coefficient (Wildman–Crippen LogP) is 2.52. The maximum atomic E-state index is 12.3. The van der Waals surface area contributed by atoms with Crippen LogP contribution in [0, 0.1) is 0 Å². The Labute approximate surface area is 178 Å². The molecule has 3 rings (SSSR count). The molecular formula is C18H20FN3O7S2. The lowest BCUT2D eigenvalue weighted by Crippen LogP contribution is -2.47. The average Bonchev–Trinajstić information content (AvgIpc) is 3.21. The molecule has 168 valence electrons. The summed E-state index contributed by atoms with van der Waals surface area (Å²) in [7, 11) is -8.94. The van der Waals surface area contributed by atoms with Crippen LogP contribution in [-0.4, -0.2) is 54.0 Å². The second kappa shape index (κ2) is 9.09. The number of benzene rings is 2. The van der Waals surface area contributed by atoms with Gasteiger partial charge in [0, 0.05) is 23.2 Å². The quantitative estimate of drug-likeness (QED) is 0.488. The molecule has 3 N–H and O–H groups in total. The molecule has 0 radical (unpaired) electrons. The number of alkyl halides is 1. The van der Waals surface area contributed by atoms with Gasteiger partial charge in [0.25, 0.3) is 20.2 Å². The Morgan fingerprint density at radius 1 is 1.00 bits per heavy atom. The smallest absolute Gasteiger partial charge is 0.329 e. The second-order valence-electron chi connectivity index (χ2n) is 6.96. The molecule has 0 aliphatic rings. The van der Waals surface area contributed by atoms with Gasteiger partial charge < -0.3 is 5.32 Å². The molecule has 0 unspecified atom stereocenters. The molecule has 0 aliphatic heterocycles. The molecule has 1 heterocycles. The van der Waals surface area contributed by atoms with E-state index in [1.165, 1.54) is 36.7 Å². The molecule has 0 saturated heterocycles. The van der Waals surface area contributed by atoms with Gasteiger partial charge in [-0.15, -0.1) is 0 Å². The number of hydrogen-bond donors (Lipinski definition) is 3. The van der Waals surface area contributed by atoms with Crippen LogP contribution in [0.5, 0.6) is 0 Å². The molecule has 10 nitrogen and oxygen atoms in total. The molecule has 0 saturated carbocycles. The second-order valence-corrected chi connectivity index (χ2v) is 9.74. The first kappa shape index (κ1) is 24.4. The molecule has 0 atom stereocenters. The van der Waals surface area contributed by atoms with Gasteiger partial charge in [-0.25, -0.2) is 9.18 Å². The monoisotopic (exact) mass is 473 g/mol. The summed E-state index contributed by atoms with van der Waals surface area (Å²) < 4.78 is 76.1. The van der Waals surface area contributed by atoms with E-state index in [1.807, 2.05) is 0 Å². The summed E-state index contributed by atoms with van der Waals surface area (Å²) in [5.41, 5.74) is -0.844. The first-order chi connectivity index (χ1) is 14.3. The normalized spacial score (nSPS) is 12.2. The Balaban J connectivity index is 0.000000233. The molecule has 0 fully saturated rings. The van der Waals surface area contributed by atoms with Crippen LogP contribution in [-0.2, 0) is 20.2 Å². The molecule has 1 aromatic heterocycles. The minimum absolute atomic E-state index is 0.0233. The van der Waals surface area contributed by atoms with Crippen LogP contribution in [0.3, 0.4) is 0 Å². The van der Waals surface area contributed by atoms with E-state index < -0.39 is 48.3 Å². The number of aromatic nitrogens is 2. The van der Waals surface area contributed by atoms with Crippen molar-refractivity contribution in [2.75, 3.05) is 6.67 Å². The van der Waals surface area contributed by atoms with Crippen molar-refractivity contribution < 1.29 is 35.1 Å². The maximum absolute atomic E-state index is 12.3. The first-order valence-corrected chi connectivity index (χ1v) is 11.5. The van der Waals surface area contributed by atoms with Gasteiger partial charge in [0.1, 0.15) is 16.5 Å². The number of carbonyl (C=O) groups is 1. The van der Waals surface area contributed by atoms with Crippen LogP contribution in [0.25, 0.3) is 10.8 Å². The minimum Gasteiger partial charge on any atom is -0.329 e. The zero-order valence-electron chi connectivity index (χ0n) is 16.4. The topological polar surface area (TPSA) is 156 Å². The molecule has 0 spiro atoms. The fourth-order valence-corrected chi connectivity index (χ4v) is 3.88. The van der Waals surface area contributed by atoms with Crippen LogP contribution >= 0.6 is 0 Å². The number of hydrogen-bond acceptors (Lipinski definition) is 6. The zero-order chi connectivity index (χ0) is 23.4. The van der Waals surface area contributed by atoms with Gasteiger partial charge >= 0.3 is 6.03 Å². The minimum atomic E-state index is -4.47. The molecule has 0 aliphatic carbocycles. The van der Waals surface area contributed by atoms with E-state index in [4.69, 9.17) is 9.11 Å². The fourth-order valence-electron chi connectivity index (χ4n) is 2.47. The number of nitrogens with zero attached hydrogens (tertiary/aromatic N) is 2. The Kier molecular flexibility index (Phi) is 7.16. The summed E-state index contributed by atoms with van der Waals surface area (Å²) in [6.45, 7) is 2.60. The van der Waals surface area contributed by atoms with Crippen molar-refractivity contribution in [1.82, 2.24) is 15.1 Å². The lowest BCUT2D eigenvalue weighted by Gasteiger charge is -2.21. The van der Waals surface area contributed by atoms with Crippen LogP contribution in [0.1, 0.15) is 13.8 Å². The van der Waals surface area contributed by atoms with E-state index >= 15 is 0 Å². The number of carbonyl (C=O) groups excluding carboxylic acids is 1. The standard InChI is InChI=1S/C10H8O6S2.C8H12FN3O/c11-17(12,13)9-5-1-3-7-8(9)4-2-6-10(7)18(14,15)16;1-8(2,6-9)11-7(13)12-5-3-4-10-12/h1-6H,(H,11,12,13)(H,14,15,16);3-5H,6H2,1-2H3,(H,11,13). The Bertz CT molecular complexity index is 1220. The van der Waals surface area contributed by atoms with Crippen LogP contribution in [0.15, 0.2) is 64.6 Å². The Morgan fingerprint density at radius 3 is 1.84 bits per heavy atom. The lowest BCUT2D eigenvalue weighted by molar-refractivity contribution is 0.219. The van der Waals surface area contributed by atoms with E-state index in [-0.39, 0.29) is 10.8 Å². The van der Waals surface area contributed by atoms with Crippen molar-refractivity contribution in [2.45, 2.75) is 29.2 Å². The number of halogens is 1. The highest BCUT2D eigenvalue weighted by Crippen LogP contribution is 2.27. The predicted molar refractivity (Wildman–Crippen MR) is 110 cm³/mol. The van der Waals surface area contributed by atoms with E-state index in [2.05, 4.69) is 10.4 Å². The highest BCUT2D eigenvalue weighted by Gasteiger charge is 2.21. The molecule has 2 aromatic carbocycles. The van der Waals surface area contributed by atoms with E-state index in [0.29, 0.717) is 0 Å². The van der Waals surface area contributed by atoms with Gasteiger partial charge in [-0.3, -0.25) is 9.11 Å². The molecule has 3 aromatic rings. The first-order valence-electron chi connectivity index (χ1n) is 8.61. The van der Waals surface area contributed by atoms with Crippen LogP contribution < -0.4 is 5.32 Å². The van der Waals surface area contributed by atoms with Crippen molar-refractivity contribution in [2.24, 2.45) is 0 Å². The summed E-state index contributed by atoms with van der Waals surface area (Å²) in [6.07, 6.45) is 2.99. The van der Waals surface area contributed by atoms with Gasteiger partial charge in [-0.2, -0.15) is 26.6 Å². The van der Waals surface area contributed by atoms with Gasteiger partial charge in [0.2, 0.25) is 0 Å². The summed E-state index contributed by atoms with van der Waals surface area (Å²) in [5, 5.41) is 6.26. The molecule has 0 bridgehead atoms. The number of rotatable bonds is 4. The molecule has 1 amide bonds. The summed E-state index contributed by atoms with van der Waals surface area (Å²) in [6, 6.07) is 8.73. The maximum Gasteiger partial charge on any atom is 0.342 e. The fraction of sp³-hybridized carbons (Fsp3) is 0.222. The van der Waals surface area contributed by atoms with E-state index in [1.54, 1.807) is 19.9 Å². The van der Waals surface area contributed by atoms with Crippen LogP contribution in [0.4, 0.5) is 9.18 Å². The highest BCUT2D eigenvalue weighted by molar-refractivity contribution is 7.86. The third kappa shape index (κ3) is 6.30. The highest BCUT2D eigenvalue weighted by atomic mass is 32.2. The number of nitrogens with one attached hydrogen (secondary N) is 1. The molecule has 13 heteroatoms. The third-order valence-corrected chi connectivity index (χ3v) is 5.71. The lowest BCUT2D eigenvalue weighted by atomic mass is 10.1.